The van der Waals surface area contributed by atoms with Crippen LogP contribution in [0.25, 0.3) is 0 Å². The van der Waals surface area contributed by atoms with Gasteiger partial charge in [-0.05, 0) is 31.0 Å². The maximum atomic E-state index is 3.65. The Labute approximate surface area is 108 Å². The second-order valence-electron chi connectivity index (χ2n) is 4.27. The lowest BCUT2D eigenvalue weighted by molar-refractivity contribution is 0.540. The Morgan fingerprint density at radius 1 is 1.25 bits per heavy atom. The highest BCUT2D eigenvalue weighted by atomic mass is 79.9. The predicted molar refractivity (Wildman–Crippen MR) is 75.0 cm³/mol. The van der Waals surface area contributed by atoms with Crippen LogP contribution >= 0.6 is 15.9 Å². The molecule has 0 radical (unpaired) electrons. The van der Waals surface area contributed by atoms with Crippen LogP contribution in [0.2, 0.25) is 0 Å². The first-order chi connectivity index (χ1) is 7.79. The third kappa shape index (κ3) is 4.26. The topological polar surface area (TPSA) is 12.0 Å². The molecule has 0 saturated heterocycles. The van der Waals surface area contributed by atoms with Gasteiger partial charge in [-0.3, -0.25) is 0 Å². The molecule has 0 amide bonds. The molecule has 1 unspecified atom stereocenters. The van der Waals surface area contributed by atoms with Gasteiger partial charge in [0.05, 0.1) is 0 Å². The van der Waals surface area contributed by atoms with Crippen LogP contribution < -0.4 is 5.32 Å². The maximum absolute atomic E-state index is 3.65. The van der Waals surface area contributed by atoms with E-state index in [1.807, 2.05) is 7.05 Å². The third-order valence-electron chi connectivity index (χ3n) is 2.95. The van der Waals surface area contributed by atoms with E-state index in [4.69, 9.17) is 0 Å². The Balaban J connectivity index is 2.65. The van der Waals surface area contributed by atoms with Crippen LogP contribution in [0.1, 0.15) is 44.1 Å². The summed E-state index contributed by atoms with van der Waals surface area (Å²) in [7, 11) is 2.03. The molecule has 0 aliphatic heterocycles. The number of unbranched alkanes of at least 4 members (excludes halogenated alkanes) is 2. The molecule has 1 aromatic carbocycles. The lowest BCUT2D eigenvalue weighted by atomic mass is 9.93. The lowest BCUT2D eigenvalue weighted by Gasteiger charge is -2.18. The van der Waals surface area contributed by atoms with E-state index in [0.29, 0.717) is 5.92 Å². The summed E-state index contributed by atoms with van der Waals surface area (Å²) in [5.41, 5.74) is 1.44. The van der Waals surface area contributed by atoms with E-state index in [1.54, 1.807) is 0 Å². The van der Waals surface area contributed by atoms with Gasteiger partial charge in [0.1, 0.15) is 0 Å². The molecule has 1 aromatic rings. The smallest absolute Gasteiger partial charge is 0.0210 e. The summed E-state index contributed by atoms with van der Waals surface area (Å²) in [5.74, 6) is 0.632. The Morgan fingerprint density at radius 2 is 2.00 bits per heavy atom. The zero-order valence-electron chi connectivity index (χ0n) is 10.3. The quantitative estimate of drug-likeness (QED) is 0.735. The SMILES string of the molecule is CCCCCC(CNC)c1ccccc1Br. The summed E-state index contributed by atoms with van der Waals surface area (Å²) in [4.78, 5) is 0. The Bertz CT molecular complexity index is 299. The first-order valence-corrected chi connectivity index (χ1v) is 6.98. The molecule has 0 saturated carbocycles. The van der Waals surface area contributed by atoms with Crippen LogP contribution in [-0.2, 0) is 0 Å². The van der Waals surface area contributed by atoms with Crippen molar-refractivity contribution in [3.63, 3.8) is 0 Å². The molecule has 0 aliphatic carbocycles. The van der Waals surface area contributed by atoms with Gasteiger partial charge in [0.15, 0.2) is 0 Å². The Hall–Kier alpha value is -0.340. The van der Waals surface area contributed by atoms with E-state index in [0.717, 1.165) is 6.54 Å². The van der Waals surface area contributed by atoms with Crippen LogP contribution in [0.4, 0.5) is 0 Å². The number of rotatable bonds is 7. The van der Waals surface area contributed by atoms with Crippen molar-refractivity contribution >= 4 is 15.9 Å². The summed E-state index contributed by atoms with van der Waals surface area (Å²) in [6.45, 7) is 3.32. The fourth-order valence-corrected chi connectivity index (χ4v) is 2.67. The average Bonchev–Trinajstić information content (AvgIpc) is 2.29. The molecule has 90 valence electrons. The lowest BCUT2D eigenvalue weighted by Crippen LogP contribution is -2.17. The van der Waals surface area contributed by atoms with Crippen molar-refractivity contribution in [2.24, 2.45) is 0 Å². The summed E-state index contributed by atoms with van der Waals surface area (Å²) in [6, 6.07) is 8.58. The standard InChI is InChI=1S/C14H22BrN/c1-3-4-5-8-12(11-16-2)13-9-6-7-10-14(13)15/h6-7,9-10,12,16H,3-5,8,11H2,1-2H3. The number of likely N-dealkylation sites (N-methyl/N-ethyl adjacent to an activating group) is 1. The van der Waals surface area contributed by atoms with Crippen LogP contribution in [0.15, 0.2) is 28.7 Å². The highest BCUT2D eigenvalue weighted by Gasteiger charge is 2.12. The van der Waals surface area contributed by atoms with Crippen molar-refractivity contribution in [2.75, 3.05) is 13.6 Å². The summed E-state index contributed by atoms with van der Waals surface area (Å²) >= 11 is 3.65. The van der Waals surface area contributed by atoms with E-state index in [2.05, 4.69) is 52.4 Å². The molecule has 0 aromatic heterocycles. The van der Waals surface area contributed by atoms with Gasteiger partial charge < -0.3 is 5.32 Å². The van der Waals surface area contributed by atoms with Gasteiger partial charge in [0, 0.05) is 11.0 Å². The van der Waals surface area contributed by atoms with Crippen molar-refractivity contribution in [1.82, 2.24) is 5.32 Å². The molecule has 0 heterocycles. The number of hydrogen-bond donors (Lipinski definition) is 1. The van der Waals surface area contributed by atoms with Crippen molar-refractivity contribution in [1.29, 1.82) is 0 Å². The fraction of sp³-hybridized carbons (Fsp3) is 0.571. The van der Waals surface area contributed by atoms with Gasteiger partial charge in [-0.15, -0.1) is 0 Å². The number of benzene rings is 1. The molecule has 1 N–H and O–H groups in total. The van der Waals surface area contributed by atoms with Crippen LogP contribution in [0, 0.1) is 0 Å². The molecule has 0 bridgehead atoms. The van der Waals surface area contributed by atoms with E-state index in [9.17, 15) is 0 Å². The highest BCUT2D eigenvalue weighted by molar-refractivity contribution is 9.10. The van der Waals surface area contributed by atoms with Crippen molar-refractivity contribution in [3.8, 4) is 0 Å². The summed E-state index contributed by atoms with van der Waals surface area (Å²) < 4.78 is 1.24. The second-order valence-corrected chi connectivity index (χ2v) is 5.13. The average molecular weight is 284 g/mol. The minimum absolute atomic E-state index is 0.632. The van der Waals surface area contributed by atoms with Gasteiger partial charge in [-0.2, -0.15) is 0 Å². The summed E-state index contributed by atoms with van der Waals surface area (Å²) in [5, 5.41) is 3.30. The third-order valence-corrected chi connectivity index (χ3v) is 3.67. The number of hydrogen-bond acceptors (Lipinski definition) is 1. The first kappa shape index (κ1) is 13.7. The molecule has 1 nitrogen and oxygen atoms in total. The normalized spacial score (nSPS) is 12.7. The zero-order valence-corrected chi connectivity index (χ0v) is 11.9. The van der Waals surface area contributed by atoms with Crippen LogP contribution in [-0.4, -0.2) is 13.6 Å². The molecule has 0 spiro atoms. The Morgan fingerprint density at radius 3 is 2.62 bits per heavy atom. The molecular weight excluding hydrogens is 262 g/mol. The zero-order chi connectivity index (χ0) is 11.8. The molecular formula is C14H22BrN. The van der Waals surface area contributed by atoms with Gasteiger partial charge in [0.25, 0.3) is 0 Å². The van der Waals surface area contributed by atoms with Gasteiger partial charge in [-0.25, -0.2) is 0 Å². The Kier molecular flexibility index (Phi) is 6.74. The largest absolute Gasteiger partial charge is 0.319 e. The van der Waals surface area contributed by atoms with Crippen LogP contribution in [0.3, 0.4) is 0 Å². The minimum atomic E-state index is 0.632. The van der Waals surface area contributed by atoms with Gasteiger partial charge in [-0.1, -0.05) is 60.3 Å². The summed E-state index contributed by atoms with van der Waals surface area (Å²) in [6.07, 6.45) is 5.23. The maximum Gasteiger partial charge on any atom is 0.0210 e. The molecule has 0 fully saturated rings. The number of nitrogens with one attached hydrogen (secondary N) is 1. The van der Waals surface area contributed by atoms with E-state index in [-0.39, 0.29) is 0 Å². The molecule has 2 heteroatoms. The van der Waals surface area contributed by atoms with Crippen LogP contribution in [0.5, 0.6) is 0 Å². The first-order valence-electron chi connectivity index (χ1n) is 6.18. The van der Waals surface area contributed by atoms with Crippen molar-refractivity contribution in [2.45, 2.75) is 38.5 Å². The predicted octanol–water partition coefficient (Wildman–Crippen LogP) is 4.33. The van der Waals surface area contributed by atoms with Gasteiger partial charge >= 0.3 is 0 Å². The monoisotopic (exact) mass is 283 g/mol. The van der Waals surface area contributed by atoms with E-state index >= 15 is 0 Å². The highest BCUT2D eigenvalue weighted by Crippen LogP contribution is 2.28. The number of halogens is 1. The molecule has 0 aliphatic rings. The minimum Gasteiger partial charge on any atom is -0.319 e. The van der Waals surface area contributed by atoms with Gasteiger partial charge in [0.2, 0.25) is 0 Å². The molecule has 1 rings (SSSR count). The van der Waals surface area contributed by atoms with Crippen molar-refractivity contribution < 1.29 is 0 Å². The molecule has 1 atom stereocenters. The second kappa shape index (κ2) is 7.86. The fourth-order valence-electron chi connectivity index (χ4n) is 2.06. The van der Waals surface area contributed by atoms with E-state index < -0.39 is 0 Å². The van der Waals surface area contributed by atoms with E-state index in [1.165, 1.54) is 35.7 Å². The van der Waals surface area contributed by atoms with Crippen molar-refractivity contribution in [3.05, 3.63) is 34.3 Å². The molecule has 16 heavy (non-hydrogen) atoms.